The first-order valence-corrected chi connectivity index (χ1v) is 9.31. The molecule has 2 fully saturated rings. The van der Waals surface area contributed by atoms with Gasteiger partial charge in [0, 0.05) is 24.1 Å². The molecular weight excluding hydrogens is 262 g/mol. The SMILES string of the molecule is CCOC1CC(NC2CCS(=O)(=O)CC2)C1(C)CC. The van der Waals surface area contributed by atoms with Crippen molar-refractivity contribution in [3.63, 3.8) is 0 Å². The van der Waals surface area contributed by atoms with Crippen LogP contribution >= 0.6 is 0 Å². The lowest BCUT2D eigenvalue weighted by Gasteiger charge is -2.55. The van der Waals surface area contributed by atoms with Gasteiger partial charge < -0.3 is 10.1 Å². The molecule has 0 spiro atoms. The molecule has 1 saturated carbocycles. The third-order valence-electron chi connectivity index (χ3n) is 5.10. The van der Waals surface area contributed by atoms with Crippen LogP contribution in [-0.4, -0.2) is 44.7 Å². The monoisotopic (exact) mass is 289 g/mol. The molecule has 0 aromatic rings. The number of rotatable bonds is 5. The van der Waals surface area contributed by atoms with Crippen molar-refractivity contribution in [3.05, 3.63) is 0 Å². The van der Waals surface area contributed by atoms with Crippen molar-refractivity contribution in [2.45, 2.75) is 64.6 Å². The van der Waals surface area contributed by atoms with Crippen LogP contribution in [0, 0.1) is 5.41 Å². The van der Waals surface area contributed by atoms with Gasteiger partial charge in [-0.05, 0) is 32.6 Å². The predicted molar refractivity (Wildman–Crippen MR) is 77.0 cm³/mol. The Kier molecular flexibility index (Phi) is 4.58. The smallest absolute Gasteiger partial charge is 0.150 e. The molecule has 2 rings (SSSR count). The molecular formula is C14H27NO3S. The zero-order valence-electron chi connectivity index (χ0n) is 12.3. The maximum absolute atomic E-state index is 11.4. The van der Waals surface area contributed by atoms with Gasteiger partial charge in [-0.25, -0.2) is 8.42 Å². The molecule has 0 aromatic carbocycles. The van der Waals surface area contributed by atoms with E-state index in [0.29, 0.717) is 29.7 Å². The molecule has 0 radical (unpaired) electrons. The van der Waals surface area contributed by atoms with Crippen LogP contribution in [0.3, 0.4) is 0 Å². The Labute approximate surface area is 117 Å². The second kappa shape index (κ2) is 5.70. The van der Waals surface area contributed by atoms with E-state index in [1.807, 2.05) is 6.92 Å². The third kappa shape index (κ3) is 3.14. The van der Waals surface area contributed by atoms with E-state index in [1.54, 1.807) is 0 Å². The number of ether oxygens (including phenoxy) is 1. The Bertz CT molecular complexity index is 395. The minimum absolute atomic E-state index is 0.201. The zero-order valence-corrected chi connectivity index (χ0v) is 13.1. The molecule has 5 heteroatoms. The van der Waals surface area contributed by atoms with E-state index in [9.17, 15) is 8.42 Å². The van der Waals surface area contributed by atoms with Crippen molar-refractivity contribution in [3.8, 4) is 0 Å². The standard InChI is InChI=1S/C14H27NO3S/c1-4-14(3)12(10-13(14)18-5-2)15-11-6-8-19(16,17)9-7-11/h11-13,15H,4-10H2,1-3H3. The van der Waals surface area contributed by atoms with Crippen LogP contribution in [-0.2, 0) is 14.6 Å². The summed E-state index contributed by atoms with van der Waals surface area (Å²) in [6.45, 7) is 7.32. The molecule has 4 nitrogen and oxygen atoms in total. The molecule has 0 amide bonds. The first-order valence-electron chi connectivity index (χ1n) is 7.49. The van der Waals surface area contributed by atoms with Crippen molar-refractivity contribution < 1.29 is 13.2 Å². The Morgan fingerprint density at radius 3 is 2.42 bits per heavy atom. The van der Waals surface area contributed by atoms with Gasteiger partial charge in [0.1, 0.15) is 9.84 Å². The Balaban J connectivity index is 1.87. The predicted octanol–water partition coefficient (Wildman–Crippen LogP) is 1.75. The van der Waals surface area contributed by atoms with Crippen molar-refractivity contribution in [1.29, 1.82) is 0 Å². The topological polar surface area (TPSA) is 55.4 Å². The molecule has 1 heterocycles. The second-order valence-electron chi connectivity index (χ2n) is 6.18. The van der Waals surface area contributed by atoms with Gasteiger partial charge in [0.2, 0.25) is 0 Å². The van der Waals surface area contributed by atoms with Gasteiger partial charge in [0.15, 0.2) is 0 Å². The largest absolute Gasteiger partial charge is 0.378 e. The molecule has 1 aliphatic heterocycles. The van der Waals surface area contributed by atoms with Crippen molar-refractivity contribution in [1.82, 2.24) is 5.32 Å². The van der Waals surface area contributed by atoms with Crippen LogP contribution in [0.2, 0.25) is 0 Å². The van der Waals surface area contributed by atoms with E-state index >= 15 is 0 Å². The van der Waals surface area contributed by atoms with Crippen LogP contribution in [0.5, 0.6) is 0 Å². The summed E-state index contributed by atoms with van der Waals surface area (Å²) in [5.41, 5.74) is 0.201. The molecule has 19 heavy (non-hydrogen) atoms. The van der Waals surface area contributed by atoms with Gasteiger partial charge in [0.05, 0.1) is 17.6 Å². The number of nitrogens with one attached hydrogen (secondary N) is 1. The summed E-state index contributed by atoms with van der Waals surface area (Å²) in [5.74, 6) is 0.685. The van der Waals surface area contributed by atoms with Gasteiger partial charge in [-0.15, -0.1) is 0 Å². The lowest BCUT2D eigenvalue weighted by molar-refractivity contribution is -0.128. The molecule has 3 unspecified atom stereocenters. The quantitative estimate of drug-likeness (QED) is 0.838. The van der Waals surface area contributed by atoms with Gasteiger partial charge in [-0.2, -0.15) is 0 Å². The fraction of sp³-hybridized carbons (Fsp3) is 1.00. The maximum Gasteiger partial charge on any atom is 0.150 e. The van der Waals surface area contributed by atoms with Crippen LogP contribution in [0.1, 0.15) is 46.5 Å². The summed E-state index contributed by atoms with van der Waals surface area (Å²) in [5, 5.41) is 3.68. The van der Waals surface area contributed by atoms with Crippen molar-refractivity contribution >= 4 is 9.84 Å². The molecule has 1 aliphatic carbocycles. The summed E-state index contributed by atoms with van der Waals surface area (Å²) in [4.78, 5) is 0. The highest BCUT2D eigenvalue weighted by Crippen LogP contribution is 2.46. The van der Waals surface area contributed by atoms with E-state index < -0.39 is 9.84 Å². The van der Waals surface area contributed by atoms with Crippen LogP contribution in [0.4, 0.5) is 0 Å². The molecule has 2 aliphatic rings. The average Bonchev–Trinajstić information content (AvgIpc) is 2.38. The van der Waals surface area contributed by atoms with Crippen LogP contribution < -0.4 is 5.32 Å². The number of hydrogen-bond acceptors (Lipinski definition) is 4. The number of sulfone groups is 1. The van der Waals surface area contributed by atoms with Gasteiger partial charge >= 0.3 is 0 Å². The third-order valence-corrected chi connectivity index (χ3v) is 6.82. The second-order valence-corrected chi connectivity index (χ2v) is 8.49. The van der Waals surface area contributed by atoms with E-state index in [4.69, 9.17) is 4.74 Å². The molecule has 0 aromatic heterocycles. The molecule has 3 atom stereocenters. The lowest BCUT2D eigenvalue weighted by Crippen LogP contribution is -2.64. The first kappa shape index (κ1) is 15.3. The van der Waals surface area contributed by atoms with E-state index in [1.165, 1.54) is 0 Å². The van der Waals surface area contributed by atoms with Crippen molar-refractivity contribution in [2.75, 3.05) is 18.1 Å². The average molecular weight is 289 g/mol. The van der Waals surface area contributed by atoms with E-state index in [0.717, 1.165) is 32.3 Å². The Morgan fingerprint density at radius 1 is 1.26 bits per heavy atom. The normalized spacial score (nSPS) is 38.9. The molecule has 1 N–H and O–H groups in total. The highest BCUT2D eigenvalue weighted by molar-refractivity contribution is 7.91. The molecule has 112 valence electrons. The Hall–Kier alpha value is -0.130. The van der Waals surface area contributed by atoms with Crippen molar-refractivity contribution in [2.24, 2.45) is 5.41 Å². The van der Waals surface area contributed by atoms with Gasteiger partial charge in [0.25, 0.3) is 0 Å². The zero-order chi connectivity index (χ0) is 14.1. The van der Waals surface area contributed by atoms with E-state index in [2.05, 4.69) is 19.2 Å². The summed E-state index contributed by atoms with van der Waals surface area (Å²) in [6, 6.07) is 0.835. The summed E-state index contributed by atoms with van der Waals surface area (Å²) >= 11 is 0. The van der Waals surface area contributed by atoms with Crippen LogP contribution in [0.15, 0.2) is 0 Å². The first-order chi connectivity index (χ1) is 8.91. The maximum atomic E-state index is 11.4. The molecule has 0 bridgehead atoms. The number of hydrogen-bond donors (Lipinski definition) is 1. The summed E-state index contributed by atoms with van der Waals surface area (Å²) < 4.78 is 28.7. The van der Waals surface area contributed by atoms with Gasteiger partial charge in [-0.1, -0.05) is 13.8 Å². The summed E-state index contributed by atoms with van der Waals surface area (Å²) in [7, 11) is -2.76. The molecule has 1 saturated heterocycles. The minimum atomic E-state index is -2.76. The fourth-order valence-electron chi connectivity index (χ4n) is 3.35. The Morgan fingerprint density at radius 2 is 1.89 bits per heavy atom. The minimum Gasteiger partial charge on any atom is -0.378 e. The van der Waals surface area contributed by atoms with E-state index in [-0.39, 0.29) is 5.41 Å². The summed E-state index contributed by atoms with van der Waals surface area (Å²) in [6.07, 6.45) is 4.03. The highest BCUT2D eigenvalue weighted by atomic mass is 32.2. The highest BCUT2D eigenvalue weighted by Gasteiger charge is 2.51. The van der Waals surface area contributed by atoms with Gasteiger partial charge in [-0.3, -0.25) is 0 Å². The fourth-order valence-corrected chi connectivity index (χ4v) is 4.84. The lowest BCUT2D eigenvalue weighted by atomic mass is 9.61. The van der Waals surface area contributed by atoms with Crippen LogP contribution in [0.25, 0.3) is 0 Å².